The van der Waals surface area contributed by atoms with Gasteiger partial charge >= 0.3 is 0 Å². The SMILES string of the molecule is O=C(CCCc1nnc(-c2ccccc2)o1)Nc1ccc(F)cc1. The van der Waals surface area contributed by atoms with Gasteiger partial charge < -0.3 is 9.73 Å². The number of aryl methyl sites for hydroxylation is 1. The lowest BCUT2D eigenvalue weighted by Gasteiger charge is -2.04. The van der Waals surface area contributed by atoms with E-state index >= 15 is 0 Å². The quantitative estimate of drug-likeness (QED) is 0.748. The van der Waals surface area contributed by atoms with Crippen molar-refractivity contribution in [2.75, 3.05) is 5.32 Å². The Hall–Kier alpha value is -3.02. The van der Waals surface area contributed by atoms with E-state index in [2.05, 4.69) is 15.5 Å². The van der Waals surface area contributed by atoms with Gasteiger partial charge in [0.05, 0.1) is 0 Å². The van der Waals surface area contributed by atoms with Crippen molar-refractivity contribution in [3.63, 3.8) is 0 Å². The Balaban J connectivity index is 1.47. The molecule has 0 unspecified atom stereocenters. The van der Waals surface area contributed by atoms with Crippen LogP contribution in [-0.4, -0.2) is 16.1 Å². The Labute approximate surface area is 138 Å². The van der Waals surface area contributed by atoms with Gasteiger partial charge in [-0.3, -0.25) is 4.79 Å². The molecule has 2 aromatic carbocycles. The molecule has 0 radical (unpaired) electrons. The van der Waals surface area contributed by atoms with Gasteiger partial charge in [-0.25, -0.2) is 4.39 Å². The number of rotatable bonds is 6. The zero-order chi connectivity index (χ0) is 16.8. The second-order valence-electron chi connectivity index (χ2n) is 5.28. The summed E-state index contributed by atoms with van der Waals surface area (Å²) in [6.45, 7) is 0. The summed E-state index contributed by atoms with van der Waals surface area (Å²) in [5.41, 5.74) is 1.44. The summed E-state index contributed by atoms with van der Waals surface area (Å²) in [7, 11) is 0. The van der Waals surface area contributed by atoms with Crippen LogP contribution in [0.5, 0.6) is 0 Å². The van der Waals surface area contributed by atoms with E-state index in [0.29, 0.717) is 36.7 Å². The molecule has 0 bridgehead atoms. The topological polar surface area (TPSA) is 68.0 Å². The van der Waals surface area contributed by atoms with Gasteiger partial charge in [0.2, 0.25) is 17.7 Å². The molecule has 0 spiro atoms. The monoisotopic (exact) mass is 325 g/mol. The molecule has 0 fully saturated rings. The second kappa shape index (κ2) is 7.50. The average molecular weight is 325 g/mol. The van der Waals surface area contributed by atoms with Crippen LogP contribution in [0.3, 0.4) is 0 Å². The van der Waals surface area contributed by atoms with Crippen molar-refractivity contribution < 1.29 is 13.6 Å². The van der Waals surface area contributed by atoms with E-state index in [4.69, 9.17) is 4.42 Å². The number of benzene rings is 2. The van der Waals surface area contributed by atoms with Crippen LogP contribution >= 0.6 is 0 Å². The van der Waals surface area contributed by atoms with Gasteiger partial charge in [0.1, 0.15) is 5.82 Å². The summed E-state index contributed by atoms with van der Waals surface area (Å²) < 4.78 is 18.4. The van der Waals surface area contributed by atoms with Crippen molar-refractivity contribution in [3.8, 4) is 11.5 Å². The fourth-order valence-corrected chi connectivity index (χ4v) is 2.21. The first-order chi connectivity index (χ1) is 11.7. The zero-order valence-electron chi connectivity index (χ0n) is 12.9. The Morgan fingerprint density at radius 1 is 1.04 bits per heavy atom. The minimum Gasteiger partial charge on any atom is -0.421 e. The maximum atomic E-state index is 12.8. The average Bonchev–Trinajstić information content (AvgIpc) is 3.07. The van der Waals surface area contributed by atoms with E-state index in [0.717, 1.165) is 5.56 Å². The van der Waals surface area contributed by atoms with Crippen LogP contribution in [0.4, 0.5) is 10.1 Å². The molecule has 3 aromatic rings. The largest absolute Gasteiger partial charge is 0.421 e. The van der Waals surface area contributed by atoms with E-state index in [1.807, 2.05) is 30.3 Å². The normalized spacial score (nSPS) is 10.5. The number of anilines is 1. The van der Waals surface area contributed by atoms with Gasteiger partial charge in [0.25, 0.3) is 0 Å². The van der Waals surface area contributed by atoms with E-state index in [1.54, 1.807) is 0 Å². The molecule has 6 heteroatoms. The van der Waals surface area contributed by atoms with Crippen molar-refractivity contribution in [2.45, 2.75) is 19.3 Å². The predicted molar refractivity (Wildman–Crippen MR) is 87.7 cm³/mol. The van der Waals surface area contributed by atoms with Crippen molar-refractivity contribution in [1.29, 1.82) is 0 Å². The molecular formula is C18H16FN3O2. The third-order valence-corrected chi connectivity index (χ3v) is 3.41. The lowest BCUT2D eigenvalue weighted by molar-refractivity contribution is -0.116. The number of amides is 1. The molecule has 0 aliphatic rings. The second-order valence-corrected chi connectivity index (χ2v) is 5.28. The highest BCUT2D eigenvalue weighted by molar-refractivity contribution is 5.90. The maximum absolute atomic E-state index is 12.8. The van der Waals surface area contributed by atoms with Crippen LogP contribution in [0.2, 0.25) is 0 Å². The summed E-state index contributed by atoms with van der Waals surface area (Å²) in [5.74, 6) is 0.507. The van der Waals surface area contributed by atoms with Crippen molar-refractivity contribution >= 4 is 11.6 Å². The number of carbonyl (C=O) groups is 1. The molecule has 1 aromatic heterocycles. The molecule has 122 valence electrons. The molecule has 0 aliphatic carbocycles. The van der Waals surface area contributed by atoms with Crippen molar-refractivity contribution in [1.82, 2.24) is 10.2 Å². The van der Waals surface area contributed by atoms with Gasteiger partial charge in [-0.05, 0) is 42.8 Å². The standard InChI is InChI=1S/C18H16FN3O2/c19-14-9-11-15(12-10-14)20-16(23)7-4-8-17-21-22-18(24-17)13-5-2-1-3-6-13/h1-3,5-6,9-12H,4,7-8H2,(H,20,23). The maximum Gasteiger partial charge on any atom is 0.247 e. The fraction of sp³-hybridized carbons (Fsp3) is 0.167. The minimum absolute atomic E-state index is 0.135. The van der Waals surface area contributed by atoms with Crippen LogP contribution in [0.1, 0.15) is 18.7 Å². The van der Waals surface area contributed by atoms with Crippen molar-refractivity contribution in [3.05, 3.63) is 66.3 Å². The Morgan fingerprint density at radius 2 is 1.79 bits per heavy atom. The number of nitrogens with zero attached hydrogens (tertiary/aromatic N) is 2. The highest BCUT2D eigenvalue weighted by Gasteiger charge is 2.09. The number of carbonyl (C=O) groups excluding carboxylic acids is 1. The smallest absolute Gasteiger partial charge is 0.247 e. The summed E-state index contributed by atoms with van der Waals surface area (Å²) in [4.78, 5) is 11.8. The summed E-state index contributed by atoms with van der Waals surface area (Å²) in [6.07, 6.45) is 1.43. The van der Waals surface area contributed by atoms with E-state index in [-0.39, 0.29) is 11.7 Å². The summed E-state index contributed by atoms with van der Waals surface area (Å²) in [5, 5.41) is 10.7. The number of aromatic nitrogens is 2. The molecule has 0 aliphatic heterocycles. The summed E-state index contributed by atoms with van der Waals surface area (Å²) >= 11 is 0. The number of hydrogen-bond donors (Lipinski definition) is 1. The zero-order valence-corrected chi connectivity index (χ0v) is 12.9. The third-order valence-electron chi connectivity index (χ3n) is 3.41. The molecule has 1 amide bonds. The Morgan fingerprint density at radius 3 is 2.54 bits per heavy atom. The van der Waals surface area contributed by atoms with Crippen LogP contribution in [-0.2, 0) is 11.2 Å². The molecule has 3 rings (SSSR count). The molecule has 1 N–H and O–H groups in total. The van der Waals surface area contributed by atoms with Gasteiger partial charge in [0, 0.05) is 24.1 Å². The first-order valence-electron chi connectivity index (χ1n) is 7.64. The number of hydrogen-bond acceptors (Lipinski definition) is 4. The van der Waals surface area contributed by atoms with Crippen LogP contribution < -0.4 is 5.32 Å². The van der Waals surface area contributed by atoms with Crippen LogP contribution in [0.25, 0.3) is 11.5 Å². The van der Waals surface area contributed by atoms with Gasteiger partial charge in [-0.1, -0.05) is 18.2 Å². The first-order valence-corrected chi connectivity index (χ1v) is 7.64. The number of nitrogens with one attached hydrogen (secondary N) is 1. The Bertz CT molecular complexity index is 801. The fourth-order valence-electron chi connectivity index (χ4n) is 2.21. The minimum atomic E-state index is -0.335. The molecule has 5 nitrogen and oxygen atoms in total. The van der Waals surface area contributed by atoms with E-state index < -0.39 is 0 Å². The lowest BCUT2D eigenvalue weighted by Crippen LogP contribution is -2.11. The molecule has 0 atom stereocenters. The molecular weight excluding hydrogens is 309 g/mol. The highest BCUT2D eigenvalue weighted by atomic mass is 19.1. The predicted octanol–water partition coefficient (Wildman–Crippen LogP) is 3.84. The van der Waals surface area contributed by atoms with E-state index in [9.17, 15) is 9.18 Å². The van der Waals surface area contributed by atoms with Crippen LogP contribution in [0.15, 0.2) is 59.0 Å². The number of halogens is 1. The lowest BCUT2D eigenvalue weighted by atomic mass is 10.2. The highest BCUT2D eigenvalue weighted by Crippen LogP contribution is 2.17. The summed E-state index contributed by atoms with van der Waals surface area (Å²) in [6, 6.07) is 15.2. The van der Waals surface area contributed by atoms with Gasteiger partial charge in [-0.2, -0.15) is 0 Å². The molecule has 24 heavy (non-hydrogen) atoms. The van der Waals surface area contributed by atoms with Gasteiger partial charge in [-0.15, -0.1) is 10.2 Å². The van der Waals surface area contributed by atoms with Gasteiger partial charge in [0.15, 0.2) is 0 Å². The third kappa shape index (κ3) is 4.25. The van der Waals surface area contributed by atoms with Crippen molar-refractivity contribution in [2.24, 2.45) is 0 Å². The van der Waals surface area contributed by atoms with E-state index in [1.165, 1.54) is 24.3 Å². The Kier molecular flexibility index (Phi) is 4.96. The molecule has 1 heterocycles. The first kappa shape index (κ1) is 15.9. The van der Waals surface area contributed by atoms with Crippen LogP contribution in [0, 0.1) is 5.82 Å². The molecule has 0 saturated carbocycles. The molecule has 0 saturated heterocycles.